The van der Waals surface area contributed by atoms with Gasteiger partial charge in [-0.2, -0.15) is 0 Å². The molecule has 14 heavy (non-hydrogen) atoms. The van der Waals surface area contributed by atoms with Crippen LogP contribution in [0.15, 0.2) is 18.2 Å². The molecule has 0 aliphatic carbocycles. The third-order valence-electron chi connectivity index (χ3n) is 1.49. The minimum atomic E-state index is -0.507. The summed E-state index contributed by atoms with van der Waals surface area (Å²) in [6, 6.07) is 7.77. The summed E-state index contributed by atoms with van der Waals surface area (Å²) in [6.45, 7) is 5.43. The van der Waals surface area contributed by atoms with Crippen molar-refractivity contribution >= 4 is 11.7 Å². The summed E-state index contributed by atoms with van der Waals surface area (Å²) in [6.07, 6.45) is 0. The molecule has 0 bridgehead atoms. The molecule has 3 nitrogen and oxygen atoms in total. The molecule has 0 saturated carbocycles. The molecular formula is C11H14NO2. The fraction of sp³-hybridized carbons (Fsp3) is 0.364. The standard InChI is InChI=1S/C11H14NO2/c1-11(2,3)14-10(13)8-6-4-5-7-9(8)12/h4-5,7H,12H2,1-3H3. The van der Waals surface area contributed by atoms with Gasteiger partial charge < -0.3 is 10.5 Å². The van der Waals surface area contributed by atoms with E-state index >= 15 is 0 Å². The molecule has 2 N–H and O–H groups in total. The average Bonchev–Trinajstić information content (AvgIpc) is 2.01. The van der Waals surface area contributed by atoms with E-state index in [1.165, 1.54) is 0 Å². The Kier molecular flexibility index (Phi) is 2.79. The van der Waals surface area contributed by atoms with Crippen molar-refractivity contribution in [3.05, 3.63) is 29.8 Å². The van der Waals surface area contributed by atoms with Crippen molar-refractivity contribution in [1.82, 2.24) is 0 Å². The van der Waals surface area contributed by atoms with Gasteiger partial charge >= 0.3 is 5.97 Å². The number of benzene rings is 1. The molecule has 0 atom stereocenters. The zero-order valence-electron chi connectivity index (χ0n) is 8.63. The van der Waals surface area contributed by atoms with E-state index in [1.54, 1.807) is 18.2 Å². The minimum Gasteiger partial charge on any atom is -0.456 e. The van der Waals surface area contributed by atoms with Crippen LogP contribution in [0.4, 0.5) is 5.69 Å². The van der Waals surface area contributed by atoms with Gasteiger partial charge in [0.1, 0.15) is 5.60 Å². The predicted molar refractivity (Wildman–Crippen MR) is 54.9 cm³/mol. The Balaban J connectivity index is 2.86. The second kappa shape index (κ2) is 3.70. The molecule has 0 spiro atoms. The number of esters is 1. The van der Waals surface area contributed by atoms with Crippen molar-refractivity contribution in [2.75, 3.05) is 5.73 Å². The van der Waals surface area contributed by atoms with Crippen LogP contribution in [0.1, 0.15) is 31.1 Å². The number of carbonyl (C=O) groups excluding carboxylic acids is 1. The third kappa shape index (κ3) is 2.76. The maximum atomic E-state index is 11.5. The van der Waals surface area contributed by atoms with Crippen LogP contribution in [0.25, 0.3) is 0 Å². The van der Waals surface area contributed by atoms with Gasteiger partial charge in [0.15, 0.2) is 0 Å². The van der Waals surface area contributed by atoms with Gasteiger partial charge in [0, 0.05) is 5.69 Å². The first-order chi connectivity index (χ1) is 6.40. The lowest BCUT2D eigenvalue weighted by molar-refractivity contribution is 0.00704. The molecule has 1 aromatic carbocycles. The van der Waals surface area contributed by atoms with Gasteiger partial charge in [-0.25, -0.2) is 4.79 Å². The summed E-state index contributed by atoms with van der Waals surface area (Å²) in [5.74, 6) is -0.435. The molecular weight excluding hydrogens is 178 g/mol. The van der Waals surface area contributed by atoms with Gasteiger partial charge in [-0.1, -0.05) is 12.1 Å². The first-order valence-electron chi connectivity index (χ1n) is 4.40. The van der Waals surface area contributed by atoms with E-state index < -0.39 is 11.6 Å². The summed E-state index contributed by atoms with van der Waals surface area (Å²) in [5.41, 5.74) is 5.79. The average molecular weight is 192 g/mol. The van der Waals surface area contributed by atoms with Crippen LogP contribution in [0.5, 0.6) is 0 Å². The highest BCUT2D eigenvalue weighted by Crippen LogP contribution is 2.15. The number of anilines is 1. The number of ether oxygens (including phenoxy) is 1. The van der Waals surface area contributed by atoms with E-state index in [-0.39, 0.29) is 0 Å². The van der Waals surface area contributed by atoms with E-state index in [0.29, 0.717) is 11.3 Å². The molecule has 0 unspecified atom stereocenters. The van der Waals surface area contributed by atoms with Crippen LogP contribution in [0.3, 0.4) is 0 Å². The van der Waals surface area contributed by atoms with Gasteiger partial charge in [0.25, 0.3) is 0 Å². The SMILES string of the molecule is CC(C)(C)OC(=O)c1[c]cccc1N. The molecule has 0 heterocycles. The number of nitrogen functional groups attached to an aromatic ring is 1. The van der Waals surface area contributed by atoms with E-state index in [4.69, 9.17) is 10.5 Å². The molecule has 0 aliphatic heterocycles. The quantitative estimate of drug-likeness (QED) is 0.547. The molecule has 75 valence electrons. The molecule has 0 saturated heterocycles. The Morgan fingerprint density at radius 1 is 1.50 bits per heavy atom. The third-order valence-corrected chi connectivity index (χ3v) is 1.49. The number of rotatable bonds is 1. The van der Waals surface area contributed by atoms with Gasteiger partial charge in [-0.15, -0.1) is 0 Å². The van der Waals surface area contributed by atoms with Gasteiger partial charge in [0.2, 0.25) is 0 Å². The van der Waals surface area contributed by atoms with Crippen LogP contribution >= 0.6 is 0 Å². The highest BCUT2D eigenvalue weighted by atomic mass is 16.6. The van der Waals surface area contributed by atoms with E-state index in [1.807, 2.05) is 20.8 Å². The van der Waals surface area contributed by atoms with Gasteiger partial charge in [0.05, 0.1) is 5.56 Å². The zero-order valence-corrected chi connectivity index (χ0v) is 8.63. The topological polar surface area (TPSA) is 52.3 Å². The summed E-state index contributed by atoms with van der Waals surface area (Å²) in [4.78, 5) is 11.5. The lowest BCUT2D eigenvalue weighted by Gasteiger charge is -2.19. The Bertz CT molecular complexity index is 339. The Morgan fingerprint density at radius 2 is 2.14 bits per heavy atom. The fourth-order valence-corrected chi connectivity index (χ4v) is 0.956. The van der Waals surface area contributed by atoms with Crippen LogP contribution in [0.2, 0.25) is 0 Å². The molecule has 1 rings (SSSR count). The molecule has 0 fully saturated rings. The largest absolute Gasteiger partial charge is 0.456 e. The zero-order chi connectivity index (χ0) is 10.8. The molecule has 0 aromatic heterocycles. The molecule has 1 aromatic rings. The smallest absolute Gasteiger partial charge is 0.341 e. The number of carbonyl (C=O) groups is 1. The number of hydrogen-bond acceptors (Lipinski definition) is 3. The summed E-state index contributed by atoms with van der Waals surface area (Å²) in [5, 5.41) is 0. The van der Waals surface area contributed by atoms with E-state index in [2.05, 4.69) is 6.07 Å². The molecule has 1 radical (unpaired) electrons. The van der Waals surface area contributed by atoms with Crippen LogP contribution in [-0.4, -0.2) is 11.6 Å². The lowest BCUT2D eigenvalue weighted by Crippen LogP contribution is -2.24. The number of nitrogens with two attached hydrogens (primary N) is 1. The highest BCUT2D eigenvalue weighted by Gasteiger charge is 2.19. The molecule has 3 heteroatoms. The summed E-state index contributed by atoms with van der Waals surface area (Å²) < 4.78 is 5.15. The van der Waals surface area contributed by atoms with Crippen LogP contribution < -0.4 is 5.73 Å². The summed E-state index contributed by atoms with van der Waals surface area (Å²) in [7, 11) is 0. The monoisotopic (exact) mass is 192 g/mol. The second-order valence-corrected chi connectivity index (χ2v) is 4.00. The van der Waals surface area contributed by atoms with Crippen LogP contribution in [-0.2, 0) is 4.74 Å². The van der Waals surface area contributed by atoms with Crippen molar-refractivity contribution in [3.8, 4) is 0 Å². The molecule has 0 aliphatic rings. The van der Waals surface area contributed by atoms with Crippen molar-refractivity contribution in [3.63, 3.8) is 0 Å². The minimum absolute atomic E-state index is 0.294. The maximum Gasteiger partial charge on any atom is 0.341 e. The molecule has 0 amide bonds. The van der Waals surface area contributed by atoms with E-state index in [9.17, 15) is 4.79 Å². The van der Waals surface area contributed by atoms with Crippen molar-refractivity contribution in [1.29, 1.82) is 0 Å². The number of hydrogen-bond donors (Lipinski definition) is 1. The summed E-state index contributed by atoms with van der Waals surface area (Å²) >= 11 is 0. The van der Waals surface area contributed by atoms with Crippen molar-refractivity contribution in [2.45, 2.75) is 26.4 Å². The predicted octanol–water partition coefficient (Wildman–Crippen LogP) is 2.02. The van der Waals surface area contributed by atoms with Gasteiger partial charge in [-0.05, 0) is 32.9 Å². The Labute approximate surface area is 83.9 Å². The van der Waals surface area contributed by atoms with E-state index in [0.717, 1.165) is 0 Å². The Morgan fingerprint density at radius 3 is 2.64 bits per heavy atom. The van der Waals surface area contributed by atoms with Crippen LogP contribution in [0, 0.1) is 6.07 Å². The van der Waals surface area contributed by atoms with Crippen molar-refractivity contribution in [2.24, 2.45) is 0 Å². The lowest BCUT2D eigenvalue weighted by atomic mass is 10.1. The fourth-order valence-electron chi connectivity index (χ4n) is 0.956. The maximum absolute atomic E-state index is 11.5. The van der Waals surface area contributed by atoms with Gasteiger partial charge in [-0.3, -0.25) is 0 Å². The second-order valence-electron chi connectivity index (χ2n) is 4.00. The van der Waals surface area contributed by atoms with Crippen molar-refractivity contribution < 1.29 is 9.53 Å². The Hall–Kier alpha value is -1.51. The first kappa shape index (κ1) is 10.6. The normalized spacial score (nSPS) is 11.1. The highest BCUT2D eigenvalue weighted by molar-refractivity contribution is 5.94. The first-order valence-corrected chi connectivity index (χ1v) is 4.40.